The fraction of sp³-hybridized carbons (Fsp3) is 0.667. The van der Waals surface area contributed by atoms with Crippen molar-refractivity contribution in [1.29, 1.82) is 0 Å². The third-order valence-electron chi connectivity index (χ3n) is 0.267. The molecule has 0 aliphatic carbocycles. The maximum atomic E-state index is 10.7. The second-order valence-electron chi connectivity index (χ2n) is 0.808. The fourth-order valence-corrected chi connectivity index (χ4v) is 0.0758. The number of hydrogen-bond donors (Lipinski definition) is 0. The van der Waals surface area contributed by atoms with E-state index in [1.807, 2.05) is 0 Å². The topological polar surface area (TPSA) is 0 Å². The minimum Gasteiger partial charge on any atom is -0.250 e. The predicted octanol–water partition coefficient (Wildman–Crippen LogP) is 1.60. The van der Waals surface area contributed by atoms with Crippen molar-refractivity contribution in [3.63, 3.8) is 0 Å². The van der Waals surface area contributed by atoms with Crippen molar-refractivity contribution in [2.75, 3.05) is 6.67 Å². The second kappa shape index (κ2) is 2.14. The fourth-order valence-electron chi connectivity index (χ4n) is 0.0758. The van der Waals surface area contributed by atoms with Crippen molar-refractivity contribution in [2.24, 2.45) is 0 Å². The normalized spacial score (nSPS) is 12.0. The van der Waals surface area contributed by atoms with E-state index in [9.17, 15) is 17.6 Å². The molecule has 0 saturated carbocycles. The summed E-state index contributed by atoms with van der Waals surface area (Å²) in [5, 5.41) is 0. The van der Waals surface area contributed by atoms with E-state index in [2.05, 4.69) is 0 Å². The van der Waals surface area contributed by atoms with Gasteiger partial charge >= 0.3 is 6.18 Å². The van der Waals surface area contributed by atoms with Crippen molar-refractivity contribution >= 4 is 0 Å². The van der Waals surface area contributed by atoms with E-state index < -0.39 is 12.9 Å². The van der Waals surface area contributed by atoms with Crippen LogP contribution in [0.15, 0.2) is 0 Å². The van der Waals surface area contributed by atoms with Crippen molar-refractivity contribution in [2.45, 2.75) is 6.18 Å². The molecular weight excluding hydrogens is 112 g/mol. The third-order valence-corrected chi connectivity index (χ3v) is 0.267. The van der Waals surface area contributed by atoms with Crippen molar-refractivity contribution in [3.8, 4) is 0 Å². The van der Waals surface area contributed by atoms with Gasteiger partial charge < -0.3 is 0 Å². The lowest BCUT2D eigenvalue weighted by Gasteiger charge is -1.97. The lowest BCUT2D eigenvalue weighted by atomic mass is 10.5. The standard InChI is InChI=1S/C3H2F4/c4-2-1-3(5,6)7/h2H2. The van der Waals surface area contributed by atoms with Crippen LogP contribution in [0.3, 0.4) is 0 Å². The monoisotopic (exact) mass is 114 g/mol. The van der Waals surface area contributed by atoms with Crippen LogP contribution in [-0.2, 0) is 0 Å². The third kappa shape index (κ3) is 5.72. The van der Waals surface area contributed by atoms with Crippen LogP contribution in [-0.4, -0.2) is 12.9 Å². The first-order valence-electron chi connectivity index (χ1n) is 1.44. The summed E-state index contributed by atoms with van der Waals surface area (Å²) in [4.78, 5) is 0. The van der Waals surface area contributed by atoms with Crippen LogP contribution in [0, 0.1) is 6.42 Å². The van der Waals surface area contributed by atoms with Crippen LogP contribution in [0.4, 0.5) is 17.6 Å². The van der Waals surface area contributed by atoms with Gasteiger partial charge in [0.2, 0.25) is 0 Å². The van der Waals surface area contributed by atoms with Gasteiger partial charge in [0.05, 0.1) is 0 Å². The van der Waals surface area contributed by atoms with Gasteiger partial charge in [-0.15, -0.1) is 0 Å². The highest BCUT2D eigenvalue weighted by atomic mass is 19.4. The van der Waals surface area contributed by atoms with Crippen LogP contribution < -0.4 is 0 Å². The van der Waals surface area contributed by atoms with Gasteiger partial charge in [0.25, 0.3) is 0 Å². The number of halogens is 4. The molecule has 0 unspecified atom stereocenters. The van der Waals surface area contributed by atoms with Crippen LogP contribution >= 0.6 is 0 Å². The molecule has 0 aromatic carbocycles. The van der Waals surface area contributed by atoms with Gasteiger partial charge in [-0.05, 0) is 0 Å². The van der Waals surface area contributed by atoms with Gasteiger partial charge in [0, 0.05) is 0 Å². The summed E-state index contributed by atoms with van der Waals surface area (Å²) < 4.78 is 42.8. The lowest BCUT2D eigenvalue weighted by Crippen LogP contribution is -2.08. The van der Waals surface area contributed by atoms with E-state index in [1.54, 1.807) is 0 Å². The average molecular weight is 114 g/mol. The lowest BCUT2D eigenvalue weighted by molar-refractivity contribution is -0.0992. The average Bonchev–Trinajstić information content (AvgIpc) is 1.30. The zero-order valence-electron chi connectivity index (χ0n) is 3.22. The van der Waals surface area contributed by atoms with E-state index in [0.717, 1.165) is 0 Å². The highest BCUT2D eigenvalue weighted by Gasteiger charge is 2.27. The molecule has 0 atom stereocenters. The molecule has 0 nitrogen and oxygen atoms in total. The first-order chi connectivity index (χ1) is 3.06. The minimum atomic E-state index is -4.57. The maximum Gasteiger partial charge on any atom is 0.399 e. The zero-order chi connectivity index (χ0) is 5.91. The molecule has 0 aromatic rings. The molecule has 0 N–H and O–H groups in total. The Morgan fingerprint density at radius 1 is 1.29 bits per heavy atom. The summed E-state index contributed by atoms with van der Waals surface area (Å²) in [5.74, 6) is 0. The van der Waals surface area contributed by atoms with Crippen LogP contribution in [0.1, 0.15) is 0 Å². The van der Waals surface area contributed by atoms with E-state index >= 15 is 0 Å². The van der Waals surface area contributed by atoms with E-state index in [0.29, 0.717) is 6.42 Å². The molecule has 4 heteroatoms. The SMILES string of the molecule is FC[C]C(F)(F)F. The van der Waals surface area contributed by atoms with Gasteiger partial charge in [-0.3, -0.25) is 4.39 Å². The molecule has 0 heterocycles. The molecule has 0 saturated heterocycles. The molecular formula is C3H2F4. The number of rotatable bonds is 1. The summed E-state index contributed by atoms with van der Waals surface area (Å²) in [6.45, 7) is -1.57. The Labute approximate surface area is 38.1 Å². The van der Waals surface area contributed by atoms with Crippen molar-refractivity contribution < 1.29 is 17.6 Å². The van der Waals surface area contributed by atoms with E-state index in [-0.39, 0.29) is 0 Å². The largest absolute Gasteiger partial charge is 0.399 e. The first-order valence-corrected chi connectivity index (χ1v) is 1.44. The number of alkyl halides is 4. The smallest absolute Gasteiger partial charge is 0.250 e. The van der Waals surface area contributed by atoms with Crippen LogP contribution in [0.2, 0.25) is 0 Å². The molecule has 0 fully saturated rings. The Morgan fingerprint density at radius 3 is 1.71 bits per heavy atom. The Kier molecular flexibility index (Phi) is 2.05. The summed E-state index contributed by atoms with van der Waals surface area (Å²) in [5.41, 5.74) is 0. The predicted molar refractivity (Wildman–Crippen MR) is 15.3 cm³/mol. The molecule has 0 amide bonds. The van der Waals surface area contributed by atoms with Gasteiger partial charge in [-0.25, -0.2) is 0 Å². The molecule has 0 aromatic heterocycles. The Morgan fingerprint density at radius 2 is 1.71 bits per heavy atom. The van der Waals surface area contributed by atoms with Gasteiger partial charge in [-0.2, -0.15) is 13.2 Å². The molecule has 0 spiro atoms. The second-order valence-corrected chi connectivity index (χ2v) is 0.808. The highest BCUT2D eigenvalue weighted by Crippen LogP contribution is 2.17. The summed E-state index contributed by atoms with van der Waals surface area (Å²) in [6, 6.07) is 0. The Hall–Kier alpha value is -0.280. The molecule has 0 rings (SSSR count). The molecule has 42 valence electrons. The summed E-state index contributed by atoms with van der Waals surface area (Å²) >= 11 is 0. The molecule has 2 radical (unpaired) electrons. The van der Waals surface area contributed by atoms with Crippen molar-refractivity contribution in [3.05, 3.63) is 6.42 Å². The van der Waals surface area contributed by atoms with E-state index in [1.165, 1.54) is 0 Å². The summed E-state index contributed by atoms with van der Waals surface area (Å²) in [7, 11) is 0. The van der Waals surface area contributed by atoms with Gasteiger partial charge in [0.15, 0.2) is 0 Å². The molecule has 0 aliphatic heterocycles. The Bertz CT molecular complexity index is 45.4. The zero-order valence-corrected chi connectivity index (χ0v) is 3.22. The molecule has 7 heavy (non-hydrogen) atoms. The van der Waals surface area contributed by atoms with Crippen molar-refractivity contribution in [1.82, 2.24) is 0 Å². The maximum absolute atomic E-state index is 10.7. The number of hydrogen-bond acceptors (Lipinski definition) is 0. The quantitative estimate of drug-likeness (QED) is 0.454. The summed E-state index contributed by atoms with van der Waals surface area (Å²) in [6.07, 6.45) is -3.96. The highest BCUT2D eigenvalue weighted by molar-refractivity contribution is 4.71. The van der Waals surface area contributed by atoms with Crippen LogP contribution in [0.5, 0.6) is 0 Å². The van der Waals surface area contributed by atoms with Crippen LogP contribution in [0.25, 0.3) is 0 Å². The minimum absolute atomic E-state index is 0.618. The Balaban J connectivity index is 3.15. The molecule has 0 aliphatic rings. The first kappa shape index (κ1) is 6.72. The van der Waals surface area contributed by atoms with E-state index in [4.69, 9.17) is 0 Å². The van der Waals surface area contributed by atoms with Gasteiger partial charge in [0.1, 0.15) is 13.1 Å². The molecule has 0 bridgehead atoms. The van der Waals surface area contributed by atoms with Gasteiger partial charge in [-0.1, -0.05) is 0 Å².